The highest BCUT2D eigenvalue weighted by atomic mass is 32.2. The van der Waals surface area contributed by atoms with Gasteiger partial charge in [-0.25, -0.2) is 8.42 Å². The third-order valence-electron chi connectivity index (χ3n) is 5.68. The van der Waals surface area contributed by atoms with Gasteiger partial charge in [-0.3, -0.25) is 9.10 Å². The summed E-state index contributed by atoms with van der Waals surface area (Å²) in [6.45, 7) is 3.45. The molecule has 2 aromatic carbocycles. The van der Waals surface area contributed by atoms with Crippen molar-refractivity contribution in [1.29, 1.82) is 0 Å². The van der Waals surface area contributed by atoms with Gasteiger partial charge in [-0.15, -0.1) is 11.3 Å². The average Bonchev–Trinajstić information content (AvgIpc) is 3.22. The molecule has 0 radical (unpaired) electrons. The van der Waals surface area contributed by atoms with E-state index in [4.69, 9.17) is 4.74 Å². The molecule has 3 aromatic rings. The predicted molar refractivity (Wildman–Crippen MR) is 125 cm³/mol. The van der Waals surface area contributed by atoms with Crippen molar-refractivity contribution in [2.45, 2.75) is 31.1 Å². The minimum Gasteiger partial charge on any atom is -0.495 e. The van der Waals surface area contributed by atoms with Crippen LogP contribution >= 0.6 is 11.3 Å². The molecule has 2 heterocycles. The van der Waals surface area contributed by atoms with Gasteiger partial charge in [0.25, 0.3) is 15.9 Å². The number of amides is 1. The van der Waals surface area contributed by atoms with Gasteiger partial charge in [0.2, 0.25) is 0 Å². The number of hydrogen-bond donors (Lipinski definition) is 0. The Morgan fingerprint density at radius 1 is 1.06 bits per heavy atom. The second-order valence-corrected chi connectivity index (χ2v) is 10.8. The SMILES string of the molecule is COc1ccc(C)cc1S(=O)(=O)N(C)c1ccc2sc(C(=O)N3CCCCC3)cc2c1. The summed E-state index contributed by atoms with van der Waals surface area (Å²) in [7, 11) is -0.824. The first kappa shape index (κ1) is 21.6. The van der Waals surface area contributed by atoms with Gasteiger partial charge >= 0.3 is 0 Å². The molecule has 31 heavy (non-hydrogen) atoms. The topological polar surface area (TPSA) is 66.9 Å². The van der Waals surface area contributed by atoms with E-state index in [1.165, 1.54) is 36.2 Å². The number of sulfonamides is 1. The molecule has 1 saturated heterocycles. The molecule has 0 atom stereocenters. The van der Waals surface area contributed by atoms with Gasteiger partial charge in [0.05, 0.1) is 17.7 Å². The number of likely N-dealkylation sites (tertiary alicyclic amines) is 1. The molecule has 1 aliphatic heterocycles. The predicted octanol–water partition coefficient (Wildman–Crippen LogP) is 4.67. The van der Waals surface area contributed by atoms with E-state index in [0.717, 1.165) is 41.6 Å². The van der Waals surface area contributed by atoms with E-state index in [0.29, 0.717) is 16.3 Å². The number of carbonyl (C=O) groups is 1. The van der Waals surface area contributed by atoms with Crippen molar-refractivity contribution in [3.8, 4) is 5.75 Å². The van der Waals surface area contributed by atoms with Crippen LogP contribution in [-0.4, -0.2) is 46.5 Å². The number of thiophene rings is 1. The van der Waals surface area contributed by atoms with Crippen molar-refractivity contribution in [3.05, 3.63) is 52.9 Å². The number of piperidine rings is 1. The van der Waals surface area contributed by atoms with Gasteiger partial charge < -0.3 is 9.64 Å². The van der Waals surface area contributed by atoms with Crippen LogP contribution in [0, 0.1) is 6.92 Å². The molecule has 8 heteroatoms. The van der Waals surface area contributed by atoms with Crippen LogP contribution < -0.4 is 9.04 Å². The maximum Gasteiger partial charge on any atom is 0.267 e. The zero-order valence-corrected chi connectivity index (χ0v) is 19.6. The lowest BCUT2D eigenvalue weighted by molar-refractivity contribution is 0.0729. The summed E-state index contributed by atoms with van der Waals surface area (Å²) in [5.74, 6) is 0.372. The molecule has 0 aliphatic carbocycles. The van der Waals surface area contributed by atoms with Crippen molar-refractivity contribution in [2.24, 2.45) is 0 Å². The first-order valence-corrected chi connectivity index (χ1v) is 12.5. The van der Waals surface area contributed by atoms with E-state index in [9.17, 15) is 13.2 Å². The number of aryl methyl sites for hydroxylation is 1. The van der Waals surface area contributed by atoms with Gasteiger partial charge in [0.1, 0.15) is 10.6 Å². The third-order valence-corrected chi connectivity index (χ3v) is 8.59. The summed E-state index contributed by atoms with van der Waals surface area (Å²) in [4.78, 5) is 15.6. The van der Waals surface area contributed by atoms with Crippen LogP contribution in [0.4, 0.5) is 5.69 Å². The second kappa shape index (κ2) is 8.51. The molecular formula is C23H26N2O4S2. The lowest BCUT2D eigenvalue weighted by Crippen LogP contribution is -2.35. The minimum absolute atomic E-state index is 0.0629. The first-order valence-electron chi connectivity index (χ1n) is 10.3. The molecular weight excluding hydrogens is 432 g/mol. The fourth-order valence-corrected chi connectivity index (χ4v) is 6.29. The zero-order valence-electron chi connectivity index (χ0n) is 17.9. The maximum atomic E-state index is 13.3. The summed E-state index contributed by atoms with van der Waals surface area (Å²) in [6, 6.07) is 12.4. The molecule has 164 valence electrons. The fraction of sp³-hybridized carbons (Fsp3) is 0.348. The Labute approximate surface area is 187 Å². The smallest absolute Gasteiger partial charge is 0.267 e. The number of hydrogen-bond acceptors (Lipinski definition) is 5. The van der Waals surface area contributed by atoms with E-state index in [1.54, 1.807) is 18.2 Å². The van der Waals surface area contributed by atoms with Crippen LogP contribution in [0.1, 0.15) is 34.5 Å². The van der Waals surface area contributed by atoms with Gasteiger partial charge in [-0.2, -0.15) is 0 Å². The fourth-order valence-electron chi connectivity index (χ4n) is 3.86. The highest BCUT2D eigenvalue weighted by Gasteiger charge is 2.26. The number of rotatable bonds is 5. The van der Waals surface area contributed by atoms with E-state index < -0.39 is 10.0 Å². The summed E-state index contributed by atoms with van der Waals surface area (Å²) in [6.07, 6.45) is 3.27. The lowest BCUT2D eigenvalue weighted by atomic mass is 10.1. The molecule has 0 spiro atoms. The summed E-state index contributed by atoms with van der Waals surface area (Å²) >= 11 is 1.45. The third kappa shape index (κ3) is 4.14. The maximum absolute atomic E-state index is 13.3. The van der Waals surface area contributed by atoms with Crippen LogP contribution in [0.2, 0.25) is 0 Å². The first-order chi connectivity index (χ1) is 14.8. The highest BCUT2D eigenvalue weighted by Crippen LogP contribution is 2.34. The van der Waals surface area contributed by atoms with Gasteiger partial charge in [-0.05, 0) is 73.5 Å². The van der Waals surface area contributed by atoms with Crippen LogP contribution in [0.5, 0.6) is 5.75 Å². The Morgan fingerprint density at radius 3 is 2.52 bits per heavy atom. The standard InChI is InChI=1S/C23H26N2O4S2/c1-16-7-9-19(29-3)22(13-16)31(27,28)24(2)18-8-10-20-17(14-18)15-21(30-20)23(26)25-11-5-4-6-12-25/h7-10,13-15H,4-6,11-12H2,1-3H3. The zero-order chi connectivity index (χ0) is 22.2. The second-order valence-electron chi connectivity index (χ2n) is 7.81. The molecule has 1 fully saturated rings. The van der Waals surface area contributed by atoms with Crippen LogP contribution in [0.3, 0.4) is 0 Å². The quantitative estimate of drug-likeness (QED) is 0.557. The Kier molecular flexibility index (Phi) is 5.94. The number of carbonyl (C=O) groups excluding carboxylic acids is 1. The van der Waals surface area contributed by atoms with Crippen molar-refractivity contribution < 1.29 is 17.9 Å². The van der Waals surface area contributed by atoms with Crippen LogP contribution in [0.15, 0.2) is 47.4 Å². The Hall–Kier alpha value is -2.58. The van der Waals surface area contributed by atoms with Crippen LogP contribution in [0.25, 0.3) is 10.1 Å². The molecule has 0 unspecified atom stereocenters. The number of nitrogens with zero attached hydrogens (tertiary/aromatic N) is 2. The van der Waals surface area contributed by atoms with E-state index in [-0.39, 0.29) is 10.8 Å². The van der Waals surface area contributed by atoms with Crippen molar-refractivity contribution in [2.75, 3.05) is 31.6 Å². The van der Waals surface area contributed by atoms with Gasteiger partial charge in [-0.1, -0.05) is 6.07 Å². The number of fused-ring (bicyclic) bond motifs is 1. The summed E-state index contributed by atoms with van der Waals surface area (Å²) in [5.41, 5.74) is 1.37. The van der Waals surface area contributed by atoms with Crippen molar-refractivity contribution in [1.82, 2.24) is 4.90 Å². The molecule has 6 nitrogen and oxygen atoms in total. The van der Waals surface area contributed by atoms with Crippen molar-refractivity contribution in [3.63, 3.8) is 0 Å². The lowest BCUT2D eigenvalue weighted by Gasteiger charge is -2.26. The van der Waals surface area contributed by atoms with E-state index in [1.807, 2.05) is 36.1 Å². The Balaban J connectivity index is 1.66. The van der Waals surface area contributed by atoms with Gasteiger partial charge in [0, 0.05) is 24.8 Å². The monoisotopic (exact) mass is 458 g/mol. The number of ether oxygens (including phenoxy) is 1. The Morgan fingerprint density at radius 2 is 1.81 bits per heavy atom. The summed E-state index contributed by atoms with van der Waals surface area (Å²) in [5, 5.41) is 0.862. The van der Waals surface area contributed by atoms with Crippen molar-refractivity contribution >= 4 is 43.0 Å². The molecule has 1 aromatic heterocycles. The summed E-state index contributed by atoms with van der Waals surface area (Å²) < 4.78 is 34.1. The number of anilines is 1. The minimum atomic E-state index is -3.82. The molecule has 4 rings (SSSR count). The number of methoxy groups -OCH3 is 1. The largest absolute Gasteiger partial charge is 0.495 e. The van der Waals surface area contributed by atoms with E-state index >= 15 is 0 Å². The number of benzene rings is 2. The highest BCUT2D eigenvalue weighted by molar-refractivity contribution is 7.93. The molecule has 0 saturated carbocycles. The van der Waals surface area contributed by atoms with Crippen LogP contribution in [-0.2, 0) is 10.0 Å². The molecule has 0 N–H and O–H groups in total. The van der Waals surface area contributed by atoms with E-state index in [2.05, 4.69) is 0 Å². The molecule has 0 bridgehead atoms. The average molecular weight is 459 g/mol. The molecule has 1 amide bonds. The normalized spacial score (nSPS) is 14.6. The van der Waals surface area contributed by atoms with Gasteiger partial charge in [0.15, 0.2) is 0 Å². The Bertz CT molecular complexity index is 1230. The molecule has 1 aliphatic rings.